The standard InChI is InChI=1S/C23H27N5O3S/c1-17-4-6-19(7-5-17)12-15-32(29,30)25-14-13-24-23-26-18(2)16-22(28-23)27-20-8-10-21(31-3)11-9-20/h4-12,15-16,25H,13-14H2,1-3H3,(H2,24,26,27,28)/b15-12+. The second-order valence-electron chi connectivity index (χ2n) is 7.15. The van der Waals surface area contributed by atoms with Gasteiger partial charge < -0.3 is 15.4 Å². The van der Waals surface area contributed by atoms with Crippen molar-refractivity contribution in [3.8, 4) is 5.75 Å². The molecule has 0 fully saturated rings. The van der Waals surface area contributed by atoms with Crippen molar-refractivity contribution in [3.05, 3.63) is 76.8 Å². The van der Waals surface area contributed by atoms with E-state index in [0.717, 1.165) is 33.7 Å². The minimum Gasteiger partial charge on any atom is -0.497 e. The van der Waals surface area contributed by atoms with Gasteiger partial charge >= 0.3 is 0 Å². The highest BCUT2D eigenvalue weighted by atomic mass is 32.2. The lowest BCUT2D eigenvalue weighted by atomic mass is 10.2. The lowest BCUT2D eigenvalue weighted by Crippen LogP contribution is -2.27. The van der Waals surface area contributed by atoms with Crippen molar-refractivity contribution < 1.29 is 13.2 Å². The molecule has 168 valence electrons. The molecule has 0 bridgehead atoms. The van der Waals surface area contributed by atoms with E-state index in [0.29, 0.717) is 18.3 Å². The first-order valence-corrected chi connectivity index (χ1v) is 11.6. The van der Waals surface area contributed by atoms with Gasteiger partial charge in [0.15, 0.2) is 0 Å². The molecule has 1 heterocycles. The van der Waals surface area contributed by atoms with Gasteiger partial charge in [-0.2, -0.15) is 4.98 Å². The number of hydrogen-bond donors (Lipinski definition) is 3. The molecule has 0 spiro atoms. The van der Waals surface area contributed by atoms with E-state index in [1.165, 1.54) is 0 Å². The van der Waals surface area contributed by atoms with E-state index in [2.05, 4.69) is 25.3 Å². The van der Waals surface area contributed by atoms with E-state index in [9.17, 15) is 8.42 Å². The molecule has 0 atom stereocenters. The fraction of sp³-hybridized carbons (Fsp3) is 0.217. The Morgan fingerprint density at radius 3 is 2.38 bits per heavy atom. The number of methoxy groups -OCH3 is 1. The molecule has 0 saturated carbocycles. The van der Waals surface area contributed by atoms with E-state index in [1.807, 2.05) is 68.4 Å². The van der Waals surface area contributed by atoms with Crippen LogP contribution in [-0.2, 0) is 10.0 Å². The Hall–Kier alpha value is -3.43. The van der Waals surface area contributed by atoms with Gasteiger partial charge in [-0.1, -0.05) is 29.8 Å². The summed E-state index contributed by atoms with van der Waals surface area (Å²) in [5.74, 6) is 1.81. The molecule has 0 amide bonds. The maximum Gasteiger partial charge on any atom is 0.233 e. The first-order chi connectivity index (χ1) is 15.3. The van der Waals surface area contributed by atoms with Gasteiger partial charge in [0.05, 0.1) is 7.11 Å². The van der Waals surface area contributed by atoms with Gasteiger partial charge in [-0.3, -0.25) is 0 Å². The van der Waals surface area contributed by atoms with Crippen LogP contribution in [0.4, 0.5) is 17.5 Å². The van der Waals surface area contributed by atoms with Gasteiger partial charge in [0.2, 0.25) is 16.0 Å². The smallest absolute Gasteiger partial charge is 0.233 e. The Labute approximate surface area is 188 Å². The molecule has 0 saturated heterocycles. The van der Waals surface area contributed by atoms with Gasteiger partial charge in [-0.25, -0.2) is 18.1 Å². The van der Waals surface area contributed by atoms with E-state index in [4.69, 9.17) is 4.74 Å². The number of nitrogens with zero attached hydrogens (tertiary/aromatic N) is 2. The third-order valence-corrected chi connectivity index (χ3v) is 5.55. The topological polar surface area (TPSA) is 105 Å². The minimum absolute atomic E-state index is 0.194. The van der Waals surface area contributed by atoms with Crippen molar-refractivity contribution in [2.75, 3.05) is 30.8 Å². The van der Waals surface area contributed by atoms with E-state index >= 15 is 0 Å². The summed E-state index contributed by atoms with van der Waals surface area (Å²) in [5.41, 5.74) is 3.59. The van der Waals surface area contributed by atoms with Crippen LogP contribution in [0.15, 0.2) is 60.0 Å². The van der Waals surface area contributed by atoms with Gasteiger partial charge in [0, 0.05) is 35.9 Å². The van der Waals surface area contributed by atoms with E-state index in [-0.39, 0.29) is 6.54 Å². The van der Waals surface area contributed by atoms with Crippen LogP contribution in [0.25, 0.3) is 6.08 Å². The first kappa shape index (κ1) is 23.2. The Morgan fingerprint density at radius 1 is 0.969 bits per heavy atom. The molecule has 9 heteroatoms. The Kier molecular flexibility index (Phi) is 7.80. The van der Waals surface area contributed by atoms with Crippen LogP contribution in [-0.4, -0.2) is 38.6 Å². The zero-order valence-corrected chi connectivity index (χ0v) is 19.1. The van der Waals surface area contributed by atoms with Crippen LogP contribution in [0, 0.1) is 13.8 Å². The fourth-order valence-corrected chi connectivity index (χ4v) is 3.61. The Bertz CT molecular complexity index is 1160. The largest absolute Gasteiger partial charge is 0.497 e. The molecule has 2 aromatic carbocycles. The molecule has 0 aliphatic rings. The molecular weight excluding hydrogens is 426 g/mol. The molecule has 3 rings (SSSR count). The normalized spacial score (nSPS) is 11.5. The number of nitrogens with one attached hydrogen (secondary N) is 3. The van der Waals surface area contributed by atoms with Crippen molar-refractivity contribution in [2.24, 2.45) is 0 Å². The summed E-state index contributed by atoms with van der Waals surface area (Å²) in [7, 11) is -1.92. The van der Waals surface area contributed by atoms with Crippen molar-refractivity contribution in [2.45, 2.75) is 13.8 Å². The maximum atomic E-state index is 12.2. The fourth-order valence-electron chi connectivity index (χ4n) is 2.80. The highest BCUT2D eigenvalue weighted by molar-refractivity contribution is 7.92. The summed E-state index contributed by atoms with van der Waals surface area (Å²) >= 11 is 0. The molecule has 1 aromatic heterocycles. The van der Waals surface area contributed by atoms with Gasteiger partial charge in [0.1, 0.15) is 11.6 Å². The average molecular weight is 454 g/mol. The molecular formula is C23H27N5O3S. The maximum absolute atomic E-state index is 12.2. The van der Waals surface area contributed by atoms with Gasteiger partial charge in [-0.15, -0.1) is 0 Å². The van der Waals surface area contributed by atoms with Crippen LogP contribution in [0.1, 0.15) is 16.8 Å². The molecule has 0 aliphatic heterocycles. The molecule has 3 aromatic rings. The first-order valence-electron chi connectivity index (χ1n) is 10.1. The number of rotatable bonds is 10. The number of aromatic nitrogens is 2. The molecule has 0 unspecified atom stereocenters. The lowest BCUT2D eigenvalue weighted by molar-refractivity contribution is 0.415. The number of benzene rings is 2. The third kappa shape index (κ3) is 7.36. The minimum atomic E-state index is -3.54. The van der Waals surface area contributed by atoms with E-state index in [1.54, 1.807) is 13.2 Å². The van der Waals surface area contributed by atoms with Crippen LogP contribution in [0.2, 0.25) is 0 Å². The third-order valence-electron chi connectivity index (χ3n) is 4.44. The Balaban J connectivity index is 1.52. The number of hydrogen-bond acceptors (Lipinski definition) is 7. The van der Waals surface area contributed by atoms with Crippen LogP contribution in [0.3, 0.4) is 0 Å². The van der Waals surface area contributed by atoms with Crippen LogP contribution in [0.5, 0.6) is 5.75 Å². The predicted molar refractivity (Wildman–Crippen MR) is 129 cm³/mol. The zero-order chi connectivity index (χ0) is 23.0. The van der Waals surface area contributed by atoms with E-state index < -0.39 is 10.0 Å². The van der Waals surface area contributed by atoms with Crippen molar-refractivity contribution in [1.82, 2.24) is 14.7 Å². The summed E-state index contributed by atoms with van der Waals surface area (Å²) in [4.78, 5) is 8.78. The van der Waals surface area contributed by atoms with Crippen molar-refractivity contribution in [3.63, 3.8) is 0 Å². The zero-order valence-electron chi connectivity index (χ0n) is 18.3. The highest BCUT2D eigenvalue weighted by Gasteiger charge is 2.06. The average Bonchev–Trinajstić information content (AvgIpc) is 2.77. The summed E-state index contributed by atoms with van der Waals surface area (Å²) in [5, 5.41) is 7.43. The number of ether oxygens (including phenoxy) is 1. The monoisotopic (exact) mass is 453 g/mol. The second kappa shape index (κ2) is 10.7. The van der Waals surface area contributed by atoms with Gasteiger partial charge in [-0.05, 0) is 49.8 Å². The van der Waals surface area contributed by atoms with Crippen molar-refractivity contribution in [1.29, 1.82) is 0 Å². The quantitative estimate of drug-likeness (QED) is 0.401. The summed E-state index contributed by atoms with van der Waals surface area (Å²) in [6, 6.07) is 16.9. The van der Waals surface area contributed by atoms with Crippen LogP contribution < -0.4 is 20.1 Å². The number of anilines is 3. The predicted octanol–water partition coefficient (Wildman–Crippen LogP) is 3.85. The highest BCUT2D eigenvalue weighted by Crippen LogP contribution is 2.19. The number of sulfonamides is 1. The van der Waals surface area contributed by atoms with Crippen molar-refractivity contribution >= 4 is 33.6 Å². The summed E-state index contributed by atoms with van der Waals surface area (Å²) < 4.78 is 32.0. The second-order valence-corrected chi connectivity index (χ2v) is 8.80. The van der Waals surface area contributed by atoms with Gasteiger partial charge in [0.25, 0.3) is 0 Å². The summed E-state index contributed by atoms with van der Waals surface area (Å²) in [6.45, 7) is 4.38. The summed E-state index contributed by atoms with van der Waals surface area (Å²) in [6.07, 6.45) is 1.57. The molecule has 0 radical (unpaired) electrons. The Morgan fingerprint density at radius 2 is 1.69 bits per heavy atom. The molecule has 3 N–H and O–H groups in total. The lowest BCUT2D eigenvalue weighted by Gasteiger charge is -2.10. The molecule has 0 aliphatic carbocycles. The molecule has 32 heavy (non-hydrogen) atoms. The van der Waals surface area contributed by atoms with Crippen LogP contribution >= 0.6 is 0 Å². The SMILES string of the molecule is COc1ccc(Nc2cc(C)nc(NCCNS(=O)(=O)/C=C/c3ccc(C)cc3)n2)cc1. The molecule has 8 nitrogen and oxygen atoms in total. The number of aryl methyl sites for hydroxylation is 2.